The summed E-state index contributed by atoms with van der Waals surface area (Å²) < 4.78 is 11.5. The van der Waals surface area contributed by atoms with Gasteiger partial charge in [0.05, 0.1) is 0 Å². The molecule has 0 heterocycles. The summed E-state index contributed by atoms with van der Waals surface area (Å²) in [6.07, 6.45) is 0.672. The molecule has 0 unspecified atom stereocenters. The summed E-state index contributed by atoms with van der Waals surface area (Å²) >= 11 is 0. The Morgan fingerprint density at radius 2 is 1.72 bits per heavy atom. The molecular weight excluding hydrogens is 312 g/mol. The SMILES string of the molecule is CC(=O)OC(C)(C)Cc1ccc(OCc2ccccc2)c(C(C)C)c1. The maximum atomic E-state index is 11.3. The van der Waals surface area contributed by atoms with Gasteiger partial charge in [-0.3, -0.25) is 4.79 Å². The standard InChI is InChI=1S/C22H28O3/c1-16(2)20-13-19(14-22(4,5)25-17(3)23)11-12-21(20)24-15-18-9-7-6-8-10-18/h6-13,16H,14-15H2,1-5H3. The number of carbonyl (C=O) groups is 1. The van der Waals surface area contributed by atoms with Crippen LogP contribution in [0.15, 0.2) is 48.5 Å². The maximum absolute atomic E-state index is 11.3. The maximum Gasteiger partial charge on any atom is 0.303 e. The Morgan fingerprint density at radius 3 is 2.32 bits per heavy atom. The quantitative estimate of drug-likeness (QED) is 0.644. The second kappa shape index (κ2) is 8.19. The van der Waals surface area contributed by atoms with Crippen molar-refractivity contribution in [2.45, 2.75) is 59.2 Å². The van der Waals surface area contributed by atoms with Gasteiger partial charge in [-0.25, -0.2) is 0 Å². The fraction of sp³-hybridized carbons (Fsp3) is 0.409. The van der Waals surface area contributed by atoms with E-state index in [1.54, 1.807) is 0 Å². The van der Waals surface area contributed by atoms with E-state index >= 15 is 0 Å². The van der Waals surface area contributed by atoms with E-state index in [2.05, 4.69) is 38.1 Å². The zero-order chi connectivity index (χ0) is 18.4. The van der Waals surface area contributed by atoms with Gasteiger partial charge in [-0.2, -0.15) is 0 Å². The lowest BCUT2D eigenvalue weighted by molar-refractivity contribution is -0.153. The summed E-state index contributed by atoms with van der Waals surface area (Å²) in [7, 11) is 0. The van der Waals surface area contributed by atoms with Crippen LogP contribution in [0.1, 0.15) is 57.2 Å². The van der Waals surface area contributed by atoms with Crippen molar-refractivity contribution < 1.29 is 14.3 Å². The topological polar surface area (TPSA) is 35.5 Å². The number of ether oxygens (including phenoxy) is 2. The lowest BCUT2D eigenvalue weighted by Gasteiger charge is -2.25. The van der Waals surface area contributed by atoms with Crippen LogP contribution in [0.5, 0.6) is 5.75 Å². The third kappa shape index (κ3) is 5.93. The third-order valence-corrected chi connectivity index (χ3v) is 3.98. The van der Waals surface area contributed by atoms with Crippen LogP contribution in [-0.4, -0.2) is 11.6 Å². The average Bonchev–Trinajstić information content (AvgIpc) is 2.52. The largest absolute Gasteiger partial charge is 0.489 e. The van der Waals surface area contributed by atoms with Crippen LogP contribution in [0.2, 0.25) is 0 Å². The van der Waals surface area contributed by atoms with E-state index in [0.717, 1.165) is 16.9 Å². The van der Waals surface area contributed by atoms with Crippen LogP contribution in [0.4, 0.5) is 0 Å². The number of hydrogen-bond acceptors (Lipinski definition) is 3. The van der Waals surface area contributed by atoms with Crippen LogP contribution >= 0.6 is 0 Å². The van der Waals surface area contributed by atoms with Crippen molar-refractivity contribution in [1.29, 1.82) is 0 Å². The molecule has 2 aromatic rings. The minimum atomic E-state index is -0.521. The second-order valence-corrected chi connectivity index (χ2v) is 7.33. The molecule has 0 aromatic heterocycles. The van der Waals surface area contributed by atoms with Crippen molar-refractivity contribution in [3.05, 3.63) is 65.2 Å². The zero-order valence-corrected chi connectivity index (χ0v) is 15.8. The molecule has 0 radical (unpaired) electrons. The fourth-order valence-corrected chi connectivity index (χ4v) is 2.94. The van der Waals surface area contributed by atoms with Crippen LogP contribution in [0.25, 0.3) is 0 Å². The molecule has 3 heteroatoms. The van der Waals surface area contributed by atoms with E-state index in [-0.39, 0.29) is 5.97 Å². The van der Waals surface area contributed by atoms with Crippen molar-refractivity contribution in [2.24, 2.45) is 0 Å². The van der Waals surface area contributed by atoms with E-state index in [4.69, 9.17) is 9.47 Å². The summed E-state index contributed by atoms with van der Waals surface area (Å²) in [6, 6.07) is 16.4. The molecule has 134 valence electrons. The van der Waals surface area contributed by atoms with Gasteiger partial charge in [0.25, 0.3) is 0 Å². The molecule has 0 bridgehead atoms. The van der Waals surface area contributed by atoms with Crippen LogP contribution in [0, 0.1) is 0 Å². The number of benzene rings is 2. The van der Waals surface area contributed by atoms with Crippen molar-refractivity contribution in [3.8, 4) is 5.75 Å². The highest BCUT2D eigenvalue weighted by atomic mass is 16.6. The highest BCUT2D eigenvalue weighted by Crippen LogP contribution is 2.30. The van der Waals surface area contributed by atoms with Crippen molar-refractivity contribution >= 4 is 5.97 Å². The normalized spacial score (nSPS) is 11.4. The molecule has 2 aromatic carbocycles. The Kier molecular flexibility index (Phi) is 6.24. The molecule has 0 N–H and O–H groups in total. The lowest BCUT2D eigenvalue weighted by Crippen LogP contribution is -2.29. The van der Waals surface area contributed by atoms with E-state index in [9.17, 15) is 4.79 Å². The molecule has 25 heavy (non-hydrogen) atoms. The van der Waals surface area contributed by atoms with E-state index < -0.39 is 5.60 Å². The molecule has 0 saturated heterocycles. The molecule has 0 saturated carbocycles. The van der Waals surface area contributed by atoms with Gasteiger partial charge in [0.1, 0.15) is 18.0 Å². The predicted octanol–water partition coefficient (Wildman–Crippen LogP) is 5.27. The van der Waals surface area contributed by atoms with Gasteiger partial charge in [0.2, 0.25) is 0 Å². The third-order valence-electron chi connectivity index (χ3n) is 3.98. The first-order valence-electron chi connectivity index (χ1n) is 8.76. The smallest absolute Gasteiger partial charge is 0.303 e. The first kappa shape index (κ1) is 19.0. The van der Waals surface area contributed by atoms with Gasteiger partial charge in [0, 0.05) is 13.3 Å². The number of hydrogen-bond donors (Lipinski definition) is 0. The predicted molar refractivity (Wildman–Crippen MR) is 101 cm³/mol. The molecule has 0 aliphatic heterocycles. The van der Waals surface area contributed by atoms with Gasteiger partial charge in [-0.05, 0) is 42.5 Å². The average molecular weight is 340 g/mol. The fourth-order valence-electron chi connectivity index (χ4n) is 2.94. The number of carbonyl (C=O) groups excluding carboxylic acids is 1. The van der Waals surface area contributed by atoms with Crippen LogP contribution < -0.4 is 4.74 Å². The Hall–Kier alpha value is -2.29. The highest BCUT2D eigenvalue weighted by Gasteiger charge is 2.22. The summed E-state index contributed by atoms with van der Waals surface area (Å²) in [5.74, 6) is 1.01. The summed E-state index contributed by atoms with van der Waals surface area (Å²) in [5.41, 5.74) is 2.94. The molecule has 0 amide bonds. The minimum absolute atomic E-state index is 0.253. The van der Waals surface area contributed by atoms with E-state index in [1.807, 2.05) is 38.1 Å². The van der Waals surface area contributed by atoms with Crippen molar-refractivity contribution in [3.63, 3.8) is 0 Å². The molecule has 2 rings (SSSR count). The van der Waals surface area contributed by atoms with Gasteiger partial charge < -0.3 is 9.47 Å². The van der Waals surface area contributed by atoms with Crippen LogP contribution in [-0.2, 0) is 22.6 Å². The second-order valence-electron chi connectivity index (χ2n) is 7.33. The van der Waals surface area contributed by atoms with Gasteiger partial charge >= 0.3 is 5.97 Å². The molecule has 0 spiro atoms. The molecule has 0 aliphatic carbocycles. The van der Waals surface area contributed by atoms with Gasteiger partial charge in [-0.1, -0.05) is 56.3 Å². The Bertz CT molecular complexity index is 702. The first-order chi connectivity index (χ1) is 11.8. The zero-order valence-electron chi connectivity index (χ0n) is 15.8. The Morgan fingerprint density at radius 1 is 1.04 bits per heavy atom. The molecule has 0 aliphatic rings. The monoisotopic (exact) mass is 340 g/mol. The minimum Gasteiger partial charge on any atom is -0.489 e. The molecule has 3 nitrogen and oxygen atoms in total. The summed E-state index contributed by atoms with van der Waals surface area (Å²) in [4.78, 5) is 11.3. The van der Waals surface area contributed by atoms with Gasteiger partial charge in [-0.15, -0.1) is 0 Å². The summed E-state index contributed by atoms with van der Waals surface area (Å²) in [5, 5.41) is 0. The van der Waals surface area contributed by atoms with Crippen LogP contribution in [0.3, 0.4) is 0 Å². The first-order valence-corrected chi connectivity index (χ1v) is 8.76. The molecular formula is C22H28O3. The molecule has 0 fully saturated rings. The summed E-state index contributed by atoms with van der Waals surface area (Å²) in [6.45, 7) is 10.2. The Labute approximate surface area is 151 Å². The van der Waals surface area contributed by atoms with E-state index in [1.165, 1.54) is 12.5 Å². The lowest BCUT2D eigenvalue weighted by atomic mass is 9.93. The highest BCUT2D eigenvalue weighted by molar-refractivity contribution is 5.66. The van der Waals surface area contributed by atoms with Gasteiger partial charge in [0.15, 0.2) is 0 Å². The van der Waals surface area contributed by atoms with Crippen molar-refractivity contribution in [1.82, 2.24) is 0 Å². The molecule has 0 atom stereocenters. The Balaban J connectivity index is 2.15. The van der Waals surface area contributed by atoms with E-state index in [0.29, 0.717) is 18.9 Å². The van der Waals surface area contributed by atoms with Crippen molar-refractivity contribution in [2.75, 3.05) is 0 Å². The number of esters is 1. The number of rotatable bonds is 7.